The summed E-state index contributed by atoms with van der Waals surface area (Å²) >= 11 is 7.55. The molecule has 1 aromatic heterocycles. The molecule has 0 radical (unpaired) electrons. The number of nitrogens with zero attached hydrogens (tertiary/aromatic N) is 1. The van der Waals surface area contributed by atoms with Crippen molar-refractivity contribution >= 4 is 41.3 Å². The number of aromatic nitrogens is 1. The minimum absolute atomic E-state index is 0. The minimum atomic E-state index is -0.105. The van der Waals surface area contributed by atoms with Crippen molar-refractivity contribution in [1.29, 1.82) is 0 Å². The molecule has 1 amide bonds. The summed E-state index contributed by atoms with van der Waals surface area (Å²) < 4.78 is 0. The largest absolute Gasteiger partial charge is 0.347 e. The van der Waals surface area contributed by atoms with Crippen LogP contribution in [0.1, 0.15) is 29.8 Å². The maximum Gasteiger partial charge on any atom is 0.224 e. The van der Waals surface area contributed by atoms with Crippen LogP contribution >= 0.6 is 35.3 Å². The van der Waals surface area contributed by atoms with Crippen molar-refractivity contribution in [3.8, 4) is 11.3 Å². The highest BCUT2D eigenvalue weighted by atomic mass is 35.5. The zero-order valence-electron chi connectivity index (χ0n) is 14.2. The maximum atomic E-state index is 12.1. The van der Waals surface area contributed by atoms with E-state index in [9.17, 15) is 4.79 Å². The van der Waals surface area contributed by atoms with Gasteiger partial charge in [0.25, 0.3) is 0 Å². The fraction of sp³-hybridized carbons (Fsp3) is 0.412. The molecule has 2 aromatic rings. The van der Waals surface area contributed by atoms with Gasteiger partial charge < -0.3 is 10.6 Å². The summed E-state index contributed by atoms with van der Waals surface area (Å²) in [6.07, 6.45) is 0. The fourth-order valence-corrected chi connectivity index (χ4v) is 3.37. The van der Waals surface area contributed by atoms with E-state index in [2.05, 4.69) is 10.6 Å². The second kappa shape index (κ2) is 9.37. The van der Waals surface area contributed by atoms with Gasteiger partial charge in [-0.05, 0) is 33.0 Å². The Kier molecular flexibility index (Phi) is 8.16. The Bertz CT molecular complexity index is 673. The molecule has 2 unspecified atom stereocenters. The van der Waals surface area contributed by atoms with E-state index in [-0.39, 0.29) is 30.3 Å². The molecule has 0 saturated carbocycles. The zero-order valence-corrected chi connectivity index (χ0v) is 16.6. The highest BCUT2D eigenvalue weighted by Gasteiger charge is 2.19. The van der Waals surface area contributed by atoms with Crippen molar-refractivity contribution in [1.82, 2.24) is 15.6 Å². The molecule has 0 saturated heterocycles. The molecule has 4 nitrogen and oxygen atoms in total. The van der Waals surface area contributed by atoms with Crippen molar-refractivity contribution in [3.05, 3.63) is 39.2 Å². The summed E-state index contributed by atoms with van der Waals surface area (Å²) in [4.78, 5) is 18.0. The topological polar surface area (TPSA) is 54.0 Å². The Morgan fingerprint density at radius 2 is 1.92 bits per heavy atom. The van der Waals surface area contributed by atoms with Crippen LogP contribution in [-0.4, -0.2) is 24.5 Å². The number of nitrogens with one attached hydrogen (secondary N) is 2. The van der Waals surface area contributed by atoms with Crippen molar-refractivity contribution in [2.24, 2.45) is 5.92 Å². The quantitative estimate of drug-likeness (QED) is 0.779. The Labute approximate surface area is 158 Å². The third kappa shape index (κ3) is 5.18. The van der Waals surface area contributed by atoms with E-state index < -0.39 is 0 Å². The fourth-order valence-electron chi connectivity index (χ4n) is 2.29. The summed E-state index contributed by atoms with van der Waals surface area (Å²) in [7, 11) is 1.84. The summed E-state index contributed by atoms with van der Waals surface area (Å²) in [5, 5.41) is 7.67. The highest BCUT2D eigenvalue weighted by molar-refractivity contribution is 7.12. The average Bonchev–Trinajstić information content (AvgIpc) is 2.90. The standard InChI is InChI=1S/C17H22ClN3OS.ClH/c1-10(9-19-4)16(22)20-11(2)17-21-15(12(3)23-17)13-5-7-14(18)8-6-13;/h5-8,10-11,19H,9H2,1-4H3,(H,20,22);1H. The van der Waals surface area contributed by atoms with Gasteiger partial charge in [-0.25, -0.2) is 4.98 Å². The van der Waals surface area contributed by atoms with Gasteiger partial charge in [0.15, 0.2) is 0 Å². The normalized spacial score (nSPS) is 13.0. The third-order valence-corrected chi connectivity index (χ3v) is 5.02. The van der Waals surface area contributed by atoms with Crippen LogP contribution in [-0.2, 0) is 4.79 Å². The first-order chi connectivity index (χ1) is 10.9. The van der Waals surface area contributed by atoms with E-state index in [4.69, 9.17) is 16.6 Å². The summed E-state index contributed by atoms with van der Waals surface area (Å²) in [5.74, 6) is -0.0352. The molecule has 1 heterocycles. The number of carbonyl (C=O) groups excluding carboxylic acids is 1. The molecular formula is C17H23Cl2N3OS. The van der Waals surface area contributed by atoms with E-state index in [1.807, 2.05) is 52.1 Å². The molecule has 0 bridgehead atoms. The van der Waals surface area contributed by atoms with E-state index >= 15 is 0 Å². The van der Waals surface area contributed by atoms with Crippen LogP contribution < -0.4 is 10.6 Å². The number of benzene rings is 1. The van der Waals surface area contributed by atoms with Gasteiger partial charge in [0.1, 0.15) is 5.01 Å². The third-order valence-electron chi connectivity index (χ3n) is 3.62. The molecule has 0 aliphatic heterocycles. The van der Waals surface area contributed by atoms with Crippen LogP contribution in [0.25, 0.3) is 11.3 Å². The lowest BCUT2D eigenvalue weighted by Gasteiger charge is -2.15. The van der Waals surface area contributed by atoms with Crippen LogP contribution in [0.15, 0.2) is 24.3 Å². The monoisotopic (exact) mass is 387 g/mol. The lowest BCUT2D eigenvalue weighted by atomic mass is 10.1. The van der Waals surface area contributed by atoms with Crippen molar-refractivity contribution < 1.29 is 4.79 Å². The number of thiazole rings is 1. The second-order valence-corrected chi connectivity index (χ2v) is 7.32. The molecule has 0 aliphatic rings. The molecule has 2 atom stereocenters. The predicted molar refractivity (Wildman–Crippen MR) is 104 cm³/mol. The van der Waals surface area contributed by atoms with Gasteiger partial charge in [-0.2, -0.15) is 0 Å². The number of hydrogen-bond acceptors (Lipinski definition) is 4. The minimum Gasteiger partial charge on any atom is -0.347 e. The Morgan fingerprint density at radius 3 is 2.50 bits per heavy atom. The lowest BCUT2D eigenvalue weighted by molar-refractivity contribution is -0.125. The molecule has 2 N–H and O–H groups in total. The molecular weight excluding hydrogens is 365 g/mol. The molecule has 0 aliphatic carbocycles. The summed E-state index contributed by atoms with van der Waals surface area (Å²) in [5.41, 5.74) is 1.99. The summed E-state index contributed by atoms with van der Waals surface area (Å²) in [6, 6.07) is 7.55. The molecule has 132 valence electrons. The smallest absolute Gasteiger partial charge is 0.224 e. The van der Waals surface area contributed by atoms with Gasteiger partial charge in [-0.1, -0.05) is 30.7 Å². The zero-order chi connectivity index (χ0) is 17.0. The van der Waals surface area contributed by atoms with E-state index in [0.717, 1.165) is 21.1 Å². The van der Waals surface area contributed by atoms with Crippen LogP contribution in [0, 0.1) is 12.8 Å². The van der Waals surface area contributed by atoms with Gasteiger partial charge in [-0.3, -0.25) is 4.79 Å². The number of carbonyl (C=O) groups is 1. The molecule has 0 fully saturated rings. The van der Waals surface area contributed by atoms with Crippen molar-refractivity contribution in [3.63, 3.8) is 0 Å². The number of halogens is 2. The number of amides is 1. The Hall–Kier alpha value is -1.14. The van der Waals surface area contributed by atoms with E-state index in [1.165, 1.54) is 0 Å². The van der Waals surface area contributed by atoms with Crippen LogP contribution in [0.5, 0.6) is 0 Å². The first-order valence-corrected chi connectivity index (χ1v) is 8.80. The lowest BCUT2D eigenvalue weighted by Crippen LogP contribution is -2.35. The van der Waals surface area contributed by atoms with Crippen LogP contribution in [0.3, 0.4) is 0 Å². The molecule has 7 heteroatoms. The summed E-state index contributed by atoms with van der Waals surface area (Å²) in [6.45, 7) is 6.58. The first-order valence-electron chi connectivity index (χ1n) is 7.60. The molecule has 1 aromatic carbocycles. The van der Waals surface area contributed by atoms with Crippen LogP contribution in [0.2, 0.25) is 5.02 Å². The van der Waals surface area contributed by atoms with Gasteiger partial charge in [0.05, 0.1) is 11.7 Å². The molecule has 2 rings (SSSR count). The van der Waals surface area contributed by atoms with Gasteiger partial charge in [0.2, 0.25) is 5.91 Å². The van der Waals surface area contributed by atoms with Gasteiger partial charge >= 0.3 is 0 Å². The first kappa shape index (κ1) is 20.9. The SMILES string of the molecule is CNCC(C)C(=O)NC(C)c1nc(-c2ccc(Cl)cc2)c(C)s1.Cl. The maximum absolute atomic E-state index is 12.1. The number of rotatable bonds is 6. The predicted octanol–water partition coefficient (Wildman–Crippen LogP) is 4.23. The number of hydrogen-bond donors (Lipinski definition) is 2. The van der Waals surface area contributed by atoms with Gasteiger partial charge in [-0.15, -0.1) is 23.7 Å². The molecule has 0 spiro atoms. The Morgan fingerprint density at radius 1 is 1.29 bits per heavy atom. The van der Waals surface area contributed by atoms with Crippen molar-refractivity contribution in [2.45, 2.75) is 26.8 Å². The average molecular weight is 388 g/mol. The Balaban J connectivity index is 0.00000288. The van der Waals surface area contributed by atoms with E-state index in [1.54, 1.807) is 11.3 Å². The highest BCUT2D eigenvalue weighted by Crippen LogP contribution is 2.31. The van der Waals surface area contributed by atoms with E-state index in [0.29, 0.717) is 11.6 Å². The number of aryl methyl sites for hydroxylation is 1. The van der Waals surface area contributed by atoms with Crippen molar-refractivity contribution in [2.75, 3.05) is 13.6 Å². The molecule has 24 heavy (non-hydrogen) atoms. The van der Waals surface area contributed by atoms with Gasteiger partial charge in [0, 0.05) is 27.9 Å². The van der Waals surface area contributed by atoms with Crippen LogP contribution in [0.4, 0.5) is 0 Å². The second-order valence-electron chi connectivity index (χ2n) is 5.65.